The molecule has 9 nitrogen and oxygen atoms in total. The zero-order valence-electron chi connectivity index (χ0n) is 18.2. The fraction of sp³-hybridized carbons (Fsp3) is 0.333. The van der Waals surface area contributed by atoms with E-state index in [0.29, 0.717) is 11.5 Å². The van der Waals surface area contributed by atoms with Crippen LogP contribution in [0, 0.1) is 0 Å². The summed E-state index contributed by atoms with van der Waals surface area (Å²) in [6.45, 7) is -0.00968. The van der Waals surface area contributed by atoms with Crippen LogP contribution in [0.4, 0.5) is 13.2 Å². The number of aromatic nitrogens is 2. The Bertz CT molecular complexity index is 1350. The molecule has 1 N–H and O–H groups in total. The van der Waals surface area contributed by atoms with Crippen molar-refractivity contribution in [3.05, 3.63) is 47.8 Å². The van der Waals surface area contributed by atoms with Crippen LogP contribution in [0.3, 0.4) is 0 Å². The van der Waals surface area contributed by atoms with Gasteiger partial charge in [-0.25, -0.2) is 17.7 Å². The van der Waals surface area contributed by atoms with Gasteiger partial charge in [-0.15, -0.1) is 0 Å². The molecule has 0 radical (unpaired) electrons. The molecule has 0 aliphatic carbocycles. The fourth-order valence-corrected chi connectivity index (χ4v) is 4.40. The van der Waals surface area contributed by atoms with E-state index in [-0.39, 0.29) is 42.2 Å². The van der Waals surface area contributed by atoms with Gasteiger partial charge in [-0.05, 0) is 35.9 Å². The molecule has 0 unspecified atom stereocenters. The van der Waals surface area contributed by atoms with Gasteiger partial charge in [-0.3, -0.25) is 4.79 Å². The highest BCUT2D eigenvalue weighted by Crippen LogP contribution is 2.33. The predicted molar refractivity (Wildman–Crippen MR) is 115 cm³/mol. The fourth-order valence-electron chi connectivity index (χ4n) is 3.48. The quantitative estimate of drug-likeness (QED) is 0.538. The van der Waals surface area contributed by atoms with Gasteiger partial charge in [-0.2, -0.15) is 13.2 Å². The zero-order chi connectivity index (χ0) is 24.7. The van der Waals surface area contributed by atoms with E-state index in [1.54, 1.807) is 18.2 Å². The molecule has 0 fully saturated rings. The lowest BCUT2D eigenvalue weighted by atomic mass is 10.2. The molecule has 0 saturated heterocycles. The van der Waals surface area contributed by atoms with Gasteiger partial charge in [-0.1, -0.05) is 6.07 Å². The Labute approximate surface area is 193 Å². The first-order chi connectivity index (χ1) is 16.0. The molecule has 0 saturated carbocycles. The molecule has 2 aromatic carbocycles. The molecule has 3 aromatic rings. The molecule has 1 aromatic heterocycles. The lowest BCUT2D eigenvalue weighted by molar-refractivity contribution is -0.147. The lowest BCUT2D eigenvalue weighted by Gasteiger charge is -2.13. The molecule has 1 aliphatic heterocycles. The Morgan fingerprint density at radius 2 is 1.88 bits per heavy atom. The highest BCUT2D eigenvalue weighted by atomic mass is 32.2. The third kappa shape index (κ3) is 4.66. The minimum atomic E-state index is -4.79. The Balaban J connectivity index is 1.51. The summed E-state index contributed by atoms with van der Waals surface area (Å²) in [4.78, 5) is 15.8. The number of nitrogens with one attached hydrogen (secondary N) is 1. The van der Waals surface area contributed by atoms with Crippen molar-refractivity contribution in [1.82, 2.24) is 19.2 Å². The van der Waals surface area contributed by atoms with Crippen LogP contribution < -0.4 is 14.8 Å². The smallest absolute Gasteiger partial charge is 0.449 e. The number of halogens is 3. The highest BCUT2D eigenvalue weighted by Gasteiger charge is 2.38. The molecule has 1 aliphatic rings. The number of alkyl halides is 3. The van der Waals surface area contributed by atoms with E-state index >= 15 is 0 Å². The summed E-state index contributed by atoms with van der Waals surface area (Å²) < 4.78 is 77.9. The third-order valence-electron chi connectivity index (χ3n) is 5.24. The van der Waals surface area contributed by atoms with Crippen molar-refractivity contribution in [1.29, 1.82) is 0 Å². The first kappa shape index (κ1) is 23.8. The van der Waals surface area contributed by atoms with Crippen LogP contribution in [0.1, 0.15) is 17.8 Å². The molecule has 0 atom stereocenters. The van der Waals surface area contributed by atoms with E-state index < -0.39 is 27.9 Å². The summed E-state index contributed by atoms with van der Waals surface area (Å²) in [7, 11) is -1.21. The van der Waals surface area contributed by atoms with E-state index in [1.165, 1.54) is 26.2 Å². The number of aryl methyl sites for hydroxylation is 1. The van der Waals surface area contributed by atoms with Crippen molar-refractivity contribution >= 4 is 27.0 Å². The largest absolute Gasteiger partial charge is 0.454 e. The molecule has 1 amide bonds. The third-order valence-corrected chi connectivity index (χ3v) is 7.05. The van der Waals surface area contributed by atoms with Crippen molar-refractivity contribution in [2.24, 2.45) is 0 Å². The van der Waals surface area contributed by atoms with Gasteiger partial charge in [0, 0.05) is 33.6 Å². The number of benzene rings is 2. The van der Waals surface area contributed by atoms with Crippen LogP contribution in [-0.4, -0.2) is 49.1 Å². The summed E-state index contributed by atoms with van der Waals surface area (Å²) >= 11 is 0. The SMILES string of the molecule is CN(C)S(=O)(=O)c1ccc2c(c1)nc(C(F)(F)F)n2CCC(=O)NCc1ccc2c(c1)OCO2. The molecule has 2 heterocycles. The lowest BCUT2D eigenvalue weighted by Crippen LogP contribution is -2.25. The molecule has 13 heteroatoms. The number of carbonyl (C=O) groups is 1. The van der Waals surface area contributed by atoms with Gasteiger partial charge >= 0.3 is 6.18 Å². The van der Waals surface area contributed by atoms with Gasteiger partial charge in [0.15, 0.2) is 11.5 Å². The second-order valence-corrected chi connectivity index (χ2v) is 9.89. The topological polar surface area (TPSA) is 103 Å². The van der Waals surface area contributed by atoms with E-state index in [0.717, 1.165) is 20.5 Å². The maximum absolute atomic E-state index is 13.6. The van der Waals surface area contributed by atoms with Gasteiger partial charge in [0.2, 0.25) is 28.5 Å². The summed E-state index contributed by atoms with van der Waals surface area (Å²) in [5.74, 6) is -0.504. The van der Waals surface area contributed by atoms with Crippen molar-refractivity contribution < 1.29 is 35.9 Å². The van der Waals surface area contributed by atoms with Gasteiger partial charge in [0.25, 0.3) is 0 Å². The zero-order valence-corrected chi connectivity index (χ0v) is 19.0. The number of ether oxygens (including phenoxy) is 2. The number of sulfonamides is 1. The van der Waals surface area contributed by atoms with Crippen molar-refractivity contribution in [3.8, 4) is 11.5 Å². The highest BCUT2D eigenvalue weighted by molar-refractivity contribution is 7.89. The number of rotatable bonds is 7. The summed E-state index contributed by atoms with van der Waals surface area (Å²) in [6, 6.07) is 8.75. The van der Waals surface area contributed by atoms with Gasteiger partial charge in [0.1, 0.15) is 0 Å². The normalized spacial score (nSPS) is 13.6. The summed E-state index contributed by atoms with van der Waals surface area (Å²) in [5, 5.41) is 2.67. The summed E-state index contributed by atoms with van der Waals surface area (Å²) in [6.07, 6.45) is -5.03. The number of carbonyl (C=O) groups excluding carboxylic acids is 1. The Hall–Kier alpha value is -3.32. The van der Waals surface area contributed by atoms with Crippen LogP contribution in [0.25, 0.3) is 11.0 Å². The maximum Gasteiger partial charge on any atom is 0.449 e. The second-order valence-electron chi connectivity index (χ2n) is 7.74. The molecular weight excluding hydrogens is 477 g/mol. The second kappa shape index (κ2) is 8.80. The number of hydrogen-bond acceptors (Lipinski definition) is 6. The first-order valence-electron chi connectivity index (χ1n) is 10.1. The predicted octanol–water partition coefficient (Wildman–Crippen LogP) is 2.74. The minimum absolute atomic E-state index is 0.0774. The molecule has 0 bridgehead atoms. The van der Waals surface area contributed by atoms with Crippen molar-refractivity contribution in [2.45, 2.75) is 30.6 Å². The number of imidazole rings is 1. The Morgan fingerprint density at radius 3 is 2.59 bits per heavy atom. The van der Waals surface area contributed by atoms with Crippen LogP contribution >= 0.6 is 0 Å². The molecular formula is C21H21F3N4O5S. The van der Waals surface area contributed by atoms with Crippen LogP contribution in [0.5, 0.6) is 11.5 Å². The monoisotopic (exact) mass is 498 g/mol. The minimum Gasteiger partial charge on any atom is -0.454 e. The number of amides is 1. The number of hydrogen-bond donors (Lipinski definition) is 1. The van der Waals surface area contributed by atoms with Crippen molar-refractivity contribution in [2.75, 3.05) is 20.9 Å². The molecule has 0 spiro atoms. The number of nitrogens with zero attached hydrogens (tertiary/aromatic N) is 3. The molecule has 4 rings (SSSR count). The Morgan fingerprint density at radius 1 is 1.15 bits per heavy atom. The molecule has 182 valence electrons. The average Bonchev–Trinajstić information content (AvgIpc) is 3.39. The molecule has 34 heavy (non-hydrogen) atoms. The first-order valence-corrected chi connectivity index (χ1v) is 11.6. The van der Waals surface area contributed by atoms with Gasteiger partial charge < -0.3 is 19.4 Å². The number of fused-ring (bicyclic) bond motifs is 2. The van der Waals surface area contributed by atoms with E-state index in [9.17, 15) is 26.4 Å². The summed E-state index contributed by atoms with van der Waals surface area (Å²) in [5.41, 5.74) is 0.695. The van der Waals surface area contributed by atoms with Crippen LogP contribution in [-0.2, 0) is 34.1 Å². The van der Waals surface area contributed by atoms with E-state index in [2.05, 4.69) is 10.3 Å². The van der Waals surface area contributed by atoms with Crippen LogP contribution in [0.15, 0.2) is 41.3 Å². The maximum atomic E-state index is 13.6. The standard InChI is InChI=1S/C21H21F3N4O5S/c1-27(2)34(30,31)14-4-5-16-15(10-14)26-20(21(22,23)24)28(16)8-7-19(29)25-11-13-3-6-17-18(9-13)33-12-32-17/h3-6,9-10H,7-8,11-12H2,1-2H3,(H,25,29). The van der Waals surface area contributed by atoms with E-state index in [1.807, 2.05) is 0 Å². The van der Waals surface area contributed by atoms with Crippen molar-refractivity contribution in [3.63, 3.8) is 0 Å². The van der Waals surface area contributed by atoms with Gasteiger partial charge in [0.05, 0.1) is 15.9 Å². The Kier molecular flexibility index (Phi) is 6.16. The van der Waals surface area contributed by atoms with Crippen LogP contribution in [0.2, 0.25) is 0 Å². The average molecular weight is 498 g/mol. The van der Waals surface area contributed by atoms with E-state index in [4.69, 9.17) is 9.47 Å².